The van der Waals surface area contributed by atoms with Gasteiger partial charge in [-0.3, -0.25) is 0 Å². The summed E-state index contributed by atoms with van der Waals surface area (Å²) in [5.41, 5.74) is 1.04. The number of aryl methyl sites for hydroxylation is 1. The first-order chi connectivity index (χ1) is 11.4. The van der Waals surface area contributed by atoms with E-state index >= 15 is 0 Å². The van der Waals surface area contributed by atoms with Crippen LogP contribution in [0.2, 0.25) is 0 Å². The average Bonchev–Trinajstić information content (AvgIpc) is 2.67. The highest BCUT2D eigenvalue weighted by Gasteiger charge is 2.46. The number of aromatic nitrogens is 2. The first-order valence-electron chi connectivity index (χ1n) is 8.90. The van der Waals surface area contributed by atoms with Gasteiger partial charge in [-0.2, -0.15) is 0 Å². The van der Waals surface area contributed by atoms with Crippen molar-refractivity contribution in [3.63, 3.8) is 0 Å². The molecule has 3 heterocycles. The van der Waals surface area contributed by atoms with Crippen LogP contribution in [0.25, 0.3) is 0 Å². The van der Waals surface area contributed by atoms with Gasteiger partial charge in [0, 0.05) is 38.6 Å². The minimum atomic E-state index is -3.15. The highest BCUT2D eigenvalue weighted by molar-refractivity contribution is 7.90. The Bertz CT molecular complexity index is 660. The molecule has 2 saturated heterocycles. The number of rotatable bonds is 4. The maximum Gasteiger partial charge on any atom is 0.225 e. The van der Waals surface area contributed by atoms with Gasteiger partial charge in [-0.05, 0) is 43.6 Å². The molecule has 1 aromatic rings. The Morgan fingerprint density at radius 1 is 1.21 bits per heavy atom. The normalized spacial score (nSPS) is 27.2. The Morgan fingerprint density at radius 2 is 1.88 bits per heavy atom. The molecule has 134 valence electrons. The lowest BCUT2D eigenvalue weighted by molar-refractivity contribution is 0.362. The maximum atomic E-state index is 12.9. The zero-order valence-electron chi connectivity index (χ0n) is 14.9. The van der Waals surface area contributed by atoms with Crippen LogP contribution in [-0.4, -0.2) is 54.1 Å². The van der Waals surface area contributed by atoms with Gasteiger partial charge in [-0.25, -0.2) is 22.7 Å². The molecule has 7 heteroatoms. The topological polar surface area (TPSA) is 66.4 Å². The number of nitrogens with zero attached hydrogens (tertiary/aromatic N) is 4. The van der Waals surface area contributed by atoms with E-state index in [1.54, 1.807) is 4.31 Å². The van der Waals surface area contributed by atoms with Crippen molar-refractivity contribution in [2.24, 2.45) is 11.8 Å². The van der Waals surface area contributed by atoms with Gasteiger partial charge in [-0.1, -0.05) is 13.8 Å². The highest BCUT2D eigenvalue weighted by atomic mass is 32.2. The minimum Gasteiger partial charge on any atom is -0.341 e. The smallest absolute Gasteiger partial charge is 0.225 e. The van der Waals surface area contributed by atoms with Crippen LogP contribution in [0, 0.1) is 18.8 Å². The fourth-order valence-corrected chi connectivity index (χ4v) is 5.92. The molecule has 2 aliphatic rings. The first-order valence-corrected chi connectivity index (χ1v) is 10.4. The molecule has 0 N–H and O–H groups in total. The number of hydrogen-bond donors (Lipinski definition) is 0. The van der Waals surface area contributed by atoms with E-state index in [1.165, 1.54) is 0 Å². The predicted molar refractivity (Wildman–Crippen MR) is 95.4 cm³/mol. The van der Waals surface area contributed by atoms with Crippen molar-refractivity contribution in [2.45, 2.75) is 45.3 Å². The Hall–Kier alpha value is -1.21. The summed E-state index contributed by atoms with van der Waals surface area (Å²) < 4.78 is 27.4. The zero-order valence-corrected chi connectivity index (χ0v) is 15.7. The summed E-state index contributed by atoms with van der Waals surface area (Å²) in [6, 6.07) is 0. The Labute approximate surface area is 145 Å². The molecule has 0 amide bonds. The number of fused-ring (bicyclic) bond motifs is 1. The summed E-state index contributed by atoms with van der Waals surface area (Å²) >= 11 is 0. The summed E-state index contributed by atoms with van der Waals surface area (Å²) in [6.07, 6.45) is 6.13. The molecular weight excluding hydrogens is 324 g/mol. The van der Waals surface area contributed by atoms with Gasteiger partial charge in [0.25, 0.3) is 0 Å². The molecule has 2 aliphatic heterocycles. The summed E-state index contributed by atoms with van der Waals surface area (Å²) in [4.78, 5) is 10.9. The van der Waals surface area contributed by atoms with Crippen LogP contribution in [0.4, 0.5) is 5.95 Å². The molecular formula is C17H28N4O2S. The van der Waals surface area contributed by atoms with Crippen LogP contribution >= 0.6 is 0 Å². The fraction of sp³-hybridized carbons (Fsp3) is 0.765. The average molecular weight is 353 g/mol. The summed E-state index contributed by atoms with van der Waals surface area (Å²) in [5, 5.41) is -0.236. The highest BCUT2D eigenvalue weighted by Crippen LogP contribution is 2.35. The Kier molecular flexibility index (Phi) is 5.11. The van der Waals surface area contributed by atoms with Crippen molar-refractivity contribution in [3.8, 4) is 0 Å². The van der Waals surface area contributed by atoms with Crippen LogP contribution in [0.3, 0.4) is 0 Å². The molecule has 1 aromatic heterocycles. The van der Waals surface area contributed by atoms with Crippen LogP contribution in [0.15, 0.2) is 12.4 Å². The summed E-state index contributed by atoms with van der Waals surface area (Å²) in [7, 11) is -3.15. The van der Waals surface area contributed by atoms with Gasteiger partial charge in [0.15, 0.2) is 0 Å². The second-order valence-electron chi connectivity index (χ2n) is 7.51. The maximum absolute atomic E-state index is 12.9. The molecule has 2 atom stereocenters. The largest absolute Gasteiger partial charge is 0.341 e. The lowest BCUT2D eigenvalue weighted by Gasteiger charge is -2.22. The predicted octanol–water partition coefficient (Wildman–Crippen LogP) is 2.06. The molecule has 3 rings (SSSR count). The van der Waals surface area contributed by atoms with Gasteiger partial charge < -0.3 is 4.90 Å². The van der Waals surface area contributed by atoms with Gasteiger partial charge >= 0.3 is 0 Å². The van der Waals surface area contributed by atoms with Gasteiger partial charge in [0.2, 0.25) is 16.0 Å². The zero-order chi connectivity index (χ0) is 17.3. The van der Waals surface area contributed by atoms with Crippen molar-refractivity contribution in [1.29, 1.82) is 0 Å². The summed E-state index contributed by atoms with van der Waals surface area (Å²) in [6.45, 7) is 9.13. The van der Waals surface area contributed by atoms with Crippen molar-refractivity contribution in [3.05, 3.63) is 18.0 Å². The van der Waals surface area contributed by atoms with Crippen molar-refractivity contribution in [2.75, 3.05) is 31.1 Å². The summed E-state index contributed by atoms with van der Waals surface area (Å²) in [5.74, 6) is 1.48. The lowest BCUT2D eigenvalue weighted by atomic mass is 10.0. The van der Waals surface area contributed by atoms with E-state index in [9.17, 15) is 8.42 Å². The van der Waals surface area contributed by atoms with E-state index in [0.717, 1.165) is 30.9 Å². The van der Waals surface area contributed by atoms with Crippen LogP contribution < -0.4 is 4.90 Å². The quantitative estimate of drug-likeness (QED) is 0.830. The molecule has 0 radical (unpaired) electrons. The third kappa shape index (κ3) is 3.57. The van der Waals surface area contributed by atoms with E-state index in [-0.39, 0.29) is 11.2 Å². The van der Waals surface area contributed by atoms with Gasteiger partial charge in [0.05, 0.1) is 5.25 Å². The molecule has 0 aliphatic carbocycles. The van der Waals surface area contributed by atoms with E-state index < -0.39 is 10.0 Å². The van der Waals surface area contributed by atoms with Crippen molar-refractivity contribution >= 4 is 16.0 Å². The van der Waals surface area contributed by atoms with E-state index in [1.807, 2.05) is 19.3 Å². The molecule has 6 nitrogen and oxygen atoms in total. The number of anilines is 1. The van der Waals surface area contributed by atoms with E-state index in [4.69, 9.17) is 0 Å². The third-order valence-corrected chi connectivity index (χ3v) is 7.60. The second-order valence-corrected chi connectivity index (χ2v) is 9.66. The van der Waals surface area contributed by atoms with Crippen LogP contribution in [-0.2, 0) is 10.0 Å². The van der Waals surface area contributed by atoms with E-state index in [0.29, 0.717) is 32.0 Å². The Morgan fingerprint density at radius 3 is 2.54 bits per heavy atom. The van der Waals surface area contributed by atoms with Crippen LogP contribution in [0.5, 0.6) is 0 Å². The molecule has 2 fully saturated rings. The molecule has 0 bridgehead atoms. The van der Waals surface area contributed by atoms with Gasteiger partial charge in [0.1, 0.15) is 0 Å². The van der Waals surface area contributed by atoms with E-state index in [2.05, 4.69) is 28.7 Å². The molecule has 0 aromatic carbocycles. The van der Waals surface area contributed by atoms with Crippen molar-refractivity contribution in [1.82, 2.24) is 14.3 Å². The number of hydrogen-bond acceptors (Lipinski definition) is 5. The Balaban J connectivity index is 1.68. The lowest BCUT2D eigenvalue weighted by Crippen LogP contribution is -2.33. The second kappa shape index (κ2) is 6.96. The third-order valence-electron chi connectivity index (χ3n) is 5.17. The number of sulfonamides is 1. The van der Waals surface area contributed by atoms with Crippen molar-refractivity contribution < 1.29 is 8.42 Å². The SMILES string of the molecule is Cc1cnc(N2CC[C@@H]3CN(CCC(C)C)S(=O)(=O)[C@@H]3CC2)nc1. The molecule has 0 spiro atoms. The molecule has 0 saturated carbocycles. The molecule has 0 unspecified atom stereocenters. The monoisotopic (exact) mass is 352 g/mol. The fourth-order valence-electron chi connectivity index (χ4n) is 3.67. The van der Waals surface area contributed by atoms with Gasteiger partial charge in [-0.15, -0.1) is 0 Å². The molecule has 24 heavy (non-hydrogen) atoms. The first kappa shape index (κ1) is 17.6. The standard InChI is InChI=1S/C17H28N4O2S/c1-13(2)4-9-21-12-15-5-7-20(8-6-16(15)24(21,22)23)17-18-10-14(3)11-19-17/h10-11,13,15-16H,4-9,12H2,1-3H3/t15-,16-/m1/s1. The van der Waals surface area contributed by atoms with Crippen LogP contribution in [0.1, 0.15) is 38.7 Å². The minimum absolute atomic E-state index is 0.234.